The van der Waals surface area contributed by atoms with Gasteiger partial charge in [-0.05, 0) is 32.1 Å². The summed E-state index contributed by atoms with van der Waals surface area (Å²) in [5.74, 6) is -0.0846. The topological polar surface area (TPSA) is 95.9 Å². The van der Waals surface area contributed by atoms with Gasteiger partial charge < -0.3 is 20.3 Å². The van der Waals surface area contributed by atoms with Crippen molar-refractivity contribution in [3.05, 3.63) is 12.2 Å². The Morgan fingerprint density at radius 3 is 0.986 bits per heavy atom. The average Bonchev–Trinajstić information content (AvgIpc) is 3.35. The number of hydrogen-bond acceptors (Lipinski definition) is 5. The van der Waals surface area contributed by atoms with Gasteiger partial charge in [-0.25, -0.2) is 0 Å². The Balaban J connectivity index is 3.46. The average molecular weight is 975 g/mol. The first-order valence-electron chi connectivity index (χ1n) is 31.5. The second kappa shape index (κ2) is 59.2. The SMILES string of the molecule is CCCCCCCCCCCCCCCCCCCCCCC/C=C/C(O)C(CO)NC(=O)CCCCCCCCCCCCCCOC(=O)CCCCCCCCCCCCCCCCCCC. The fraction of sp³-hybridized carbons (Fsp3) is 0.937. The summed E-state index contributed by atoms with van der Waals surface area (Å²) >= 11 is 0. The molecule has 2 atom stereocenters. The predicted octanol–water partition coefficient (Wildman–Crippen LogP) is 19.6. The number of esters is 1. The van der Waals surface area contributed by atoms with Crippen molar-refractivity contribution < 1.29 is 24.5 Å². The molecule has 0 bridgehead atoms. The Morgan fingerprint density at radius 1 is 0.391 bits per heavy atom. The maximum atomic E-state index is 12.5. The molecule has 0 aromatic carbocycles. The van der Waals surface area contributed by atoms with E-state index in [1.54, 1.807) is 6.08 Å². The highest BCUT2D eigenvalue weighted by molar-refractivity contribution is 5.76. The molecule has 6 heteroatoms. The lowest BCUT2D eigenvalue weighted by atomic mass is 10.0. The van der Waals surface area contributed by atoms with E-state index in [9.17, 15) is 19.8 Å². The molecule has 3 N–H and O–H groups in total. The van der Waals surface area contributed by atoms with Gasteiger partial charge in [-0.3, -0.25) is 9.59 Å². The molecule has 0 saturated carbocycles. The van der Waals surface area contributed by atoms with Crippen LogP contribution in [0.25, 0.3) is 0 Å². The normalized spacial score (nSPS) is 12.6. The molecule has 0 aliphatic carbocycles. The van der Waals surface area contributed by atoms with Crippen molar-refractivity contribution in [1.82, 2.24) is 5.32 Å². The minimum absolute atomic E-state index is 0.00563. The molecule has 0 aliphatic heterocycles. The van der Waals surface area contributed by atoms with E-state index in [0.717, 1.165) is 57.8 Å². The Hall–Kier alpha value is -1.40. The van der Waals surface area contributed by atoms with Crippen molar-refractivity contribution in [3.8, 4) is 0 Å². The van der Waals surface area contributed by atoms with Crippen molar-refractivity contribution in [3.63, 3.8) is 0 Å². The maximum absolute atomic E-state index is 12.5. The fourth-order valence-electron chi connectivity index (χ4n) is 9.99. The number of aliphatic hydroxyl groups excluding tert-OH is 2. The van der Waals surface area contributed by atoms with Gasteiger partial charge in [0.2, 0.25) is 5.91 Å². The Kier molecular flexibility index (Phi) is 58.0. The molecule has 410 valence electrons. The number of aliphatic hydroxyl groups is 2. The first-order chi connectivity index (χ1) is 34.0. The monoisotopic (exact) mass is 974 g/mol. The quantitative estimate of drug-likeness (QED) is 0.0321. The Morgan fingerprint density at radius 2 is 0.667 bits per heavy atom. The molecule has 0 spiro atoms. The molecule has 0 aromatic rings. The molecule has 0 rings (SSSR count). The van der Waals surface area contributed by atoms with E-state index in [2.05, 4.69) is 19.2 Å². The first-order valence-corrected chi connectivity index (χ1v) is 31.5. The molecule has 0 fully saturated rings. The van der Waals surface area contributed by atoms with Crippen LogP contribution in [-0.2, 0) is 14.3 Å². The molecular weight excluding hydrogens is 851 g/mol. The van der Waals surface area contributed by atoms with Crippen LogP contribution in [0.5, 0.6) is 0 Å². The maximum Gasteiger partial charge on any atom is 0.305 e. The fourth-order valence-corrected chi connectivity index (χ4v) is 9.99. The van der Waals surface area contributed by atoms with E-state index < -0.39 is 12.1 Å². The third kappa shape index (κ3) is 55.8. The van der Waals surface area contributed by atoms with Gasteiger partial charge in [0, 0.05) is 12.8 Å². The summed E-state index contributed by atoms with van der Waals surface area (Å²) in [4.78, 5) is 24.6. The van der Waals surface area contributed by atoms with E-state index in [-0.39, 0.29) is 18.5 Å². The number of nitrogens with one attached hydrogen (secondary N) is 1. The van der Waals surface area contributed by atoms with Crippen molar-refractivity contribution in [2.24, 2.45) is 0 Å². The molecule has 2 unspecified atom stereocenters. The number of ether oxygens (including phenoxy) is 1. The summed E-state index contributed by atoms with van der Waals surface area (Å²) in [5.41, 5.74) is 0. The first kappa shape index (κ1) is 67.6. The van der Waals surface area contributed by atoms with E-state index in [1.165, 1.54) is 270 Å². The molecule has 69 heavy (non-hydrogen) atoms. The van der Waals surface area contributed by atoms with Gasteiger partial charge in [0.25, 0.3) is 0 Å². The van der Waals surface area contributed by atoms with Gasteiger partial charge in [0.15, 0.2) is 0 Å². The Labute approximate surface area is 431 Å². The van der Waals surface area contributed by atoms with Gasteiger partial charge in [-0.15, -0.1) is 0 Å². The lowest BCUT2D eigenvalue weighted by Crippen LogP contribution is -2.45. The third-order valence-electron chi connectivity index (χ3n) is 14.8. The van der Waals surface area contributed by atoms with Gasteiger partial charge >= 0.3 is 5.97 Å². The molecule has 0 aliphatic rings. The minimum Gasteiger partial charge on any atom is -0.466 e. The van der Waals surface area contributed by atoms with Gasteiger partial charge in [0.05, 0.1) is 25.4 Å². The van der Waals surface area contributed by atoms with E-state index in [4.69, 9.17) is 4.74 Å². The van der Waals surface area contributed by atoms with Crippen LogP contribution >= 0.6 is 0 Å². The number of unbranched alkanes of at least 4 members (excludes halogenated alkanes) is 48. The van der Waals surface area contributed by atoms with Crippen LogP contribution in [-0.4, -0.2) is 47.4 Å². The summed E-state index contributed by atoms with van der Waals surface area (Å²) in [7, 11) is 0. The van der Waals surface area contributed by atoms with Gasteiger partial charge in [-0.2, -0.15) is 0 Å². The highest BCUT2D eigenvalue weighted by Crippen LogP contribution is 2.18. The van der Waals surface area contributed by atoms with Crippen LogP contribution in [0.15, 0.2) is 12.2 Å². The highest BCUT2D eigenvalue weighted by atomic mass is 16.5. The van der Waals surface area contributed by atoms with Crippen LogP contribution in [0.4, 0.5) is 0 Å². The highest BCUT2D eigenvalue weighted by Gasteiger charge is 2.18. The van der Waals surface area contributed by atoms with Crippen LogP contribution in [0.2, 0.25) is 0 Å². The predicted molar refractivity (Wildman–Crippen MR) is 301 cm³/mol. The Bertz CT molecular complexity index is 1030. The number of rotatable bonds is 59. The van der Waals surface area contributed by atoms with Crippen molar-refractivity contribution in [1.29, 1.82) is 0 Å². The smallest absolute Gasteiger partial charge is 0.305 e. The number of amides is 1. The van der Waals surface area contributed by atoms with Crippen LogP contribution in [0.3, 0.4) is 0 Å². The summed E-state index contributed by atoms with van der Waals surface area (Å²) in [6.07, 6.45) is 71.0. The van der Waals surface area contributed by atoms with Gasteiger partial charge in [0.1, 0.15) is 0 Å². The van der Waals surface area contributed by atoms with Crippen LogP contribution in [0, 0.1) is 0 Å². The lowest BCUT2D eigenvalue weighted by Gasteiger charge is -2.20. The molecule has 0 radical (unpaired) electrons. The van der Waals surface area contributed by atoms with Crippen molar-refractivity contribution in [2.75, 3.05) is 13.2 Å². The molecule has 0 aromatic heterocycles. The largest absolute Gasteiger partial charge is 0.466 e. The van der Waals surface area contributed by atoms with Crippen molar-refractivity contribution in [2.45, 2.75) is 366 Å². The van der Waals surface area contributed by atoms with E-state index in [0.29, 0.717) is 19.4 Å². The molecule has 0 saturated heterocycles. The zero-order valence-corrected chi connectivity index (χ0v) is 46.8. The molecule has 6 nitrogen and oxygen atoms in total. The standard InChI is InChI=1S/C63H123NO5/c1-3-5-7-9-11-13-15-17-19-21-22-23-24-25-26-28-29-31-35-39-43-47-51-55-61(66)60(59-65)64-62(67)56-52-48-44-40-36-33-34-38-42-46-50-54-58-69-63(68)57-53-49-45-41-37-32-30-27-20-18-16-14-12-10-8-6-4-2/h51,55,60-61,65-66H,3-50,52-54,56-59H2,1-2H3,(H,64,67)/b55-51+. The number of carbonyl (C=O) groups is 2. The number of allylic oxidation sites excluding steroid dienone is 1. The zero-order chi connectivity index (χ0) is 50.0. The minimum atomic E-state index is -0.855. The zero-order valence-electron chi connectivity index (χ0n) is 46.8. The van der Waals surface area contributed by atoms with Crippen LogP contribution in [0.1, 0.15) is 354 Å². The molecule has 1 amide bonds. The van der Waals surface area contributed by atoms with Crippen LogP contribution < -0.4 is 5.32 Å². The summed E-state index contributed by atoms with van der Waals surface area (Å²) in [5, 5.41) is 23.2. The van der Waals surface area contributed by atoms with E-state index in [1.807, 2.05) is 6.08 Å². The summed E-state index contributed by atoms with van der Waals surface area (Å²) in [6.45, 7) is 4.91. The third-order valence-corrected chi connectivity index (χ3v) is 14.8. The van der Waals surface area contributed by atoms with E-state index >= 15 is 0 Å². The summed E-state index contributed by atoms with van der Waals surface area (Å²) in [6, 6.07) is -0.640. The second-order valence-corrected chi connectivity index (χ2v) is 21.8. The molecular formula is C63H123NO5. The summed E-state index contributed by atoms with van der Waals surface area (Å²) < 4.78 is 5.49. The van der Waals surface area contributed by atoms with Gasteiger partial charge in [-0.1, -0.05) is 321 Å². The number of carbonyl (C=O) groups excluding carboxylic acids is 2. The lowest BCUT2D eigenvalue weighted by molar-refractivity contribution is -0.143. The number of hydrogen-bond donors (Lipinski definition) is 3. The molecule has 0 heterocycles. The second-order valence-electron chi connectivity index (χ2n) is 21.8. The van der Waals surface area contributed by atoms with Crippen molar-refractivity contribution >= 4 is 11.9 Å².